The van der Waals surface area contributed by atoms with Crippen LogP contribution in [-0.2, 0) is 32.5 Å². The molecule has 1 aliphatic rings. The molecule has 0 N–H and O–H groups in total. The molecule has 1 amide bonds. The van der Waals surface area contributed by atoms with E-state index in [2.05, 4.69) is 0 Å². The third kappa shape index (κ3) is 6.84. The number of benzene rings is 2. The van der Waals surface area contributed by atoms with Crippen molar-refractivity contribution in [1.82, 2.24) is 9.21 Å². The van der Waals surface area contributed by atoms with Crippen LogP contribution in [-0.4, -0.2) is 55.9 Å². The summed E-state index contributed by atoms with van der Waals surface area (Å²) in [6, 6.07) is 20.4. The third-order valence-corrected chi connectivity index (χ3v) is 8.24. The quantitative estimate of drug-likeness (QED) is 0.383. The summed E-state index contributed by atoms with van der Waals surface area (Å²) in [6.07, 6.45) is 2.10. The Hall–Kier alpha value is -2.94. The Morgan fingerprint density at radius 2 is 1.75 bits per heavy atom. The zero-order valence-corrected chi connectivity index (χ0v) is 21.7. The average molecular weight is 511 g/mol. The first kappa shape index (κ1) is 26.1. The van der Waals surface area contributed by atoms with Gasteiger partial charge in [0.1, 0.15) is 11.5 Å². The van der Waals surface area contributed by atoms with Gasteiger partial charge in [0.2, 0.25) is 15.9 Å². The zero-order valence-electron chi connectivity index (χ0n) is 20.9. The van der Waals surface area contributed by atoms with Gasteiger partial charge in [-0.25, -0.2) is 8.42 Å². The zero-order chi connectivity index (χ0) is 25.5. The van der Waals surface area contributed by atoms with Crippen molar-refractivity contribution in [3.8, 4) is 0 Å². The molecule has 0 bridgehead atoms. The van der Waals surface area contributed by atoms with Gasteiger partial charge in [-0.3, -0.25) is 4.79 Å². The van der Waals surface area contributed by atoms with Crippen molar-refractivity contribution in [1.29, 1.82) is 0 Å². The number of sulfonamides is 1. The second-order valence-electron chi connectivity index (χ2n) is 9.31. The summed E-state index contributed by atoms with van der Waals surface area (Å²) in [5.41, 5.74) is 2.07. The molecule has 0 unspecified atom stereocenters. The minimum atomic E-state index is -3.89. The van der Waals surface area contributed by atoms with E-state index in [4.69, 9.17) is 9.15 Å². The van der Waals surface area contributed by atoms with Crippen LogP contribution in [0.25, 0.3) is 0 Å². The van der Waals surface area contributed by atoms with Gasteiger partial charge in [0.25, 0.3) is 0 Å². The maximum absolute atomic E-state index is 13.6. The predicted molar refractivity (Wildman–Crippen MR) is 138 cm³/mol. The minimum Gasteiger partial charge on any atom is -0.464 e. The van der Waals surface area contributed by atoms with Crippen molar-refractivity contribution in [2.75, 3.05) is 26.2 Å². The lowest BCUT2D eigenvalue weighted by molar-refractivity contribution is -0.132. The number of hydrogen-bond acceptors (Lipinski definition) is 5. The summed E-state index contributed by atoms with van der Waals surface area (Å²) in [6.45, 7) is 4.98. The van der Waals surface area contributed by atoms with Crippen molar-refractivity contribution in [3.63, 3.8) is 0 Å². The second kappa shape index (κ2) is 11.9. The van der Waals surface area contributed by atoms with Crippen molar-refractivity contribution in [3.05, 3.63) is 89.4 Å². The van der Waals surface area contributed by atoms with Gasteiger partial charge < -0.3 is 14.1 Å². The largest absolute Gasteiger partial charge is 0.464 e. The first-order valence-corrected chi connectivity index (χ1v) is 13.8. The fraction of sp³-hybridized carbons (Fsp3) is 0.393. The van der Waals surface area contributed by atoms with Crippen LogP contribution in [0, 0.1) is 13.8 Å². The lowest BCUT2D eigenvalue weighted by atomic mass is 10.1. The van der Waals surface area contributed by atoms with E-state index in [1.165, 1.54) is 4.31 Å². The van der Waals surface area contributed by atoms with E-state index < -0.39 is 10.0 Å². The van der Waals surface area contributed by atoms with Crippen molar-refractivity contribution >= 4 is 15.9 Å². The third-order valence-electron chi connectivity index (χ3n) is 6.41. The lowest BCUT2D eigenvalue weighted by Crippen LogP contribution is -2.45. The summed E-state index contributed by atoms with van der Waals surface area (Å²) in [4.78, 5) is 15.5. The van der Waals surface area contributed by atoms with Gasteiger partial charge in [-0.2, -0.15) is 4.31 Å². The van der Waals surface area contributed by atoms with E-state index in [-0.39, 0.29) is 36.5 Å². The lowest BCUT2D eigenvalue weighted by Gasteiger charge is -2.28. The molecule has 8 heteroatoms. The average Bonchev–Trinajstić information content (AvgIpc) is 3.53. The number of nitrogens with zero attached hydrogens (tertiary/aromatic N) is 2. The smallest absolute Gasteiger partial charge is 0.243 e. The molecule has 1 aliphatic heterocycles. The van der Waals surface area contributed by atoms with Gasteiger partial charge in [0.05, 0.1) is 24.1 Å². The highest BCUT2D eigenvalue weighted by Gasteiger charge is 2.32. The van der Waals surface area contributed by atoms with Crippen LogP contribution < -0.4 is 0 Å². The molecular weight excluding hydrogens is 476 g/mol. The Morgan fingerprint density at radius 1 is 1.00 bits per heavy atom. The molecule has 2 heterocycles. The van der Waals surface area contributed by atoms with Crippen molar-refractivity contribution in [2.24, 2.45) is 0 Å². The summed E-state index contributed by atoms with van der Waals surface area (Å²) in [7, 11) is -3.89. The van der Waals surface area contributed by atoms with Crippen LogP contribution in [0.4, 0.5) is 0 Å². The number of furan rings is 1. The predicted octanol–water partition coefficient (Wildman–Crippen LogP) is 4.34. The Kier molecular flexibility index (Phi) is 8.61. The molecule has 0 aliphatic carbocycles. The van der Waals surface area contributed by atoms with E-state index in [1.54, 1.807) is 29.2 Å². The number of carbonyl (C=O) groups is 1. The number of rotatable bonds is 11. The molecule has 3 aromatic rings. The molecule has 1 aromatic heterocycles. The fourth-order valence-corrected chi connectivity index (χ4v) is 5.75. The first-order valence-electron chi connectivity index (χ1n) is 12.4. The Labute approximate surface area is 213 Å². The SMILES string of the molecule is Cc1ccc(S(=O)(=O)N(CC(=O)N(CCc2ccccc2)Cc2ccc(C)o2)C[C@H]2CCCO2)cc1. The molecule has 36 heavy (non-hydrogen) atoms. The molecule has 0 spiro atoms. The first-order chi connectivity index (χ1) is 17.3. The van der Waals surface area contributed by atoms with Crippen LogP contribution in [0.3, 0.4) is 0 Å². The summed E-state index contributed by atoms with van der Waals surface area (Å²) in [5.74, 6) is 1.16. The van der Waals surface area contributed by atoms with Crippen LogP contribution in [0.15, 0.2) is 76.0 Å². The van der Waals surface area contributed by atoms with Crippen LogP contribution in [0.1, 0.15) is 35.5 Å². The van der Waals surface area contributed by atoms with Gasteiger partial charge in [-0.05, 0) is 62.9 Å². The van der Waals surface area contributed by atoms with E-state index in [1.807, 2.05) is 56.3 Å². The molecule has 4 rings (SSSR count). The molecule has 1 fully saturated rings. The number of amides is 1. The molecular formula is C28H34N2O5S. The second-order valence-corrected chi connectivity index (χ2v) is 11.2. The number of hydrogen-bond donors (Lipinski definition) is 0. The highest BCUT2D eigenvalue weighted by molar-refractivity contribution is 7.89. The van der Waals surface area contributed by atoms with Gasteiger partial charge in [-0.15, -0.1) is 0 Å². The van der Waals surface area contributed by atoms with Gasteiger partial charge >= 0.3 is 0 Å². The van der Waals surface area contributed by atoms with Crippen molar-refractivity contribution < 1.29 is 22.4 Å². The Bertz CT molecular complexity index is 1230. The van der Waals surface area contributed by atoms with E-state index >= 15 is 0 Å². The molecule has 7 nitrogen and oxygen atoms in total. The van der Waals surface area contributed by atoms with Crippen LogP contribution >= 0.6 is 0 Å². The topological polar surface area (TPSA) is 80.1 Å². The van der Waals surface area contributed by atoms with Gasteiger partial charge in [-0.1, -0.05) is 48.0 Å². The van der Waals surface area contributed by atoms with E-state index in [0.717, 1.165) is 29.7 Å². The normalized spacial score (nSPS) is 15.9. The molecule has 0 saturated carbocycles. The van der Waals surface area contributed by atoms with Crippen LogP contribution in [0.5, 0.6) is 0 Å². The fourth-order valence-electron chi connectivity index (χ4n) is 4.33. The maximum atomic E-state index is 13.6. The number of carbonyl (C=O) groups excluding carboxylic acids is 1. The van der Waals surface area contributed by atoms with Gasteiger partial charge in [0.15, 0.2) is 0 Å². The van der Waals surface area contributed by atoms with E-state index in [9.17, 15) is 13.2 Å². The highest BCUT2D eigenvalue weighted by Crippen LogP contribution is 2.21. The van der Waals surface area contributed by atoms with Crippen molar-refractivity contribution in [2.45, 2.75) is 50.7 Å². The monoisotopic (exact) mass is 510 g/mol. The Morgan fingerprint density at radius 3 is 2.39 bits per heavy atom. The van der Waals surface area contributed by atoms with Crippen LogP contribution in [0.2, 0.25) is 0 Å². The molecule has 192 valence electrons. The maximum Gasteiger partial charge on any atom is 0.243 e. The molecule has 1 atom stereocenters. The molecule has 0 radical (unpaired) electrons. The summed E-state index contributed by atoms with van der Waals surface area (Å²) >= 11 is 0. The Balaban J connectivity index is 1.56. The number of aryl methyl sites for hydroxylation is 2. The molecule has 1 saturated heterocycles. The minimum absolute atomic E-state index is 0.147. The van der Waals surface area contributed by atoms with E-state index in [0.29, 0.717) is 25.3 Å². The highest BCUT2D eigenvalue weighted by atomic mass is 32.2. The standard InChI is InChI=1S/C28H34N2O5S/c1-22-10-14-27(15-11-22)36(32,33)30(20-25-9-6-18-34-25)21-28(31)29(19-26-13-12-23(2)35-26)17-16-24-7-4-3-5-8-24/h3-5,7-8,10-15,25H,6,9,16-21H2,1-2H3/t25-/m1/s1. The molecule has 2 aromatic carbocycles. The summed E-state index contributed by atoms with van der Waals surface area (Å²) < 4.78 is 40.0. The van der Waals surface area contributed by atoms with Gasteiger partial charge in [0, 0.05) is 19.7 Å². The number of ether oxygens (including phenoxy) is 1. The summed E-state index contributed by atoms with van der Waals surface area (Å²) in [5, 5.41) is 0.